The third kappa shape index (κ3) is 9.55. The number of carbonyl (C=O) groups excluding carboxylic acids is 2. The number of rotatable bonds is 16. The highest BCUT2D eigenvalue weighted by atomic mass is 16.3. The van der Waals surface area contributed by atoms with Crippen LogP contribution >= 0.6 is 0 Å². The van der Waals surface area contributed by atoms with Crippen LogP contribution in [-0.4, -0.2) is 105 Å². The van der Waals surface area contributed by atoms with Crippen molar-refractivity contribution in [1.82, 2.24) is 20.4 Å². The number of nitrogens with one attached hydrogen (secondary N) is 2. The molecule has 1 aliphatic rings. The van der Waals surface area contributed by atoms with Crippen LogP contribution in [0.3, 0.4) is 0 Å². The fraction of sp³-hybridized carbons (Fsp3) is 0.381. The molecule has 5 rings (SSSR count). The summed E-state index contributed by atoms with van der Waals surface area (Å²) in [7, 11) is 0. The van der Waals surface area contributed by atoms with Crippen molar-refractivity contribution in [1.29, 1.82) is 0 Å². The number of fused-ring (bicyclic) bond motifs is 2. The second-order valence-corrected chi connectivity index (χ2v) is 13.8. The molecular formula is C42H52N4O8. The maximum absolute atomic E-state index is 12.4. The van der Waals surface area contributed by atoms with E-state index in [4.69, 9.17) is 0 Å². The summed E-state index contributed by atoms with van der Waals surface area (Å²) in [6, 6.07) is 9.41. The lowest BCUT2D eigenvalue weighted by Gasteiger charge is -2.34. The van der Waals surface area contributed by atoms with E-state index in [0.717, 1.165) is 52.1 Å². The second-order valence-electron chi connectivity index (χ2n) is 13.8. The van der Waals surface area contributed by atoms with E-state index in [1.807, 2.05) is 0 Å². The molecule has 8 N–H and O–H groups in total. The molecule has 54 heavy (non-hydrogen) atoms. The van der Waals surface area contributed by atoms with E-state index in [9.17, 15) is 40.2 Å². The van der Waals surface area contributed by atoms with Crippen LogP contribution in [0.15, 0.2) is 48.6 Å². The number of carbonyl (C=O) groups is 2. The van der Waals surface area contributed by atoms with Crippen LogP contribution in [0.4, 0.5) is 0 Å². The summed E-state index contributed by atoms with van der Waals surface area (Å²) < 4.78 is 0. The molecule has 0 bridgehead atoms. The predicted molar refractivity (Wildman–Crippen MR) is 212 cm³/mol. The third-order valence-corrected chi connectivity index (χ3v) is 10.2. The van der Waals surface area contributed by atoms with Gasteiger partial charge in [0, 0.05) is 85.1 Å². The molecule has 4 aromatic carbocycles. The van der Waals surface area contributed by atoms with Gasteiger partial charge in [0.1, 0.15) is 34.5 Å². The van der Waals surface area contributed by atoms with E-state index < -0.39 is 0 Å². The number of allylic oxidation sites excluding steroid dienone is 2. The van der Waals surface area contributed by atoms with Crippen LogP contribution in [-0.2, 0) is 9.59 Å². The second kappa shape index (κ2) is 18.5. The molecule has 1 saturated heterocycles. The van der Waals surface area contributed by atoms with Crippen LogP contribution in [0.2, 0.25) is 0 Å². The molecule has 0 radical (unpaired) electrons. The molecule has 1 aliphatic heterocycles. The number of amides is 2. The molecule has 4 aromatic rings. The van der Waals surface area contributed by atoms with Gasteiger partial charge in [0.25, 0.3) is 0 Å². The minimum Gasteiger partial charge on any atom is -0.507 e. The largest absolute Gasteiger partial charge is 0.507 e. The number of benzene rings is 4. The quantitative estimate of drug-likeness (QED) is 0.0519. The Bertz CT molecular complexity index is 1890. The molecule has 0 atom stereocenters. The average molecular weight is 741 g/mol. The Morgan fingerprint density at radius 3 is 1.39 bits per heavy atom. The predicted octanol–water partition coefficient (Wildman–Crippen LogP) is 5.76. The summed E-state index contributed by atoms with van der Waals surface area (Å²) in [5.41, 5.74) is 1.82. The molecule has 12 heteroatoms. The zero-order valence-corrected chi connectivity index (χ0v) is 31.1. The number of piperazine rings is 1. The van der Waals surface area contributed by atoms with E-state index >= 15 is 0 Å². The van der Waals surface area contributed by atoms with Crippen LogP contribution < -0.4 is 10.6 Å². The van der Waals surface area contributed by atoms with Crippen molar-refractivity contribution >= 4 is 45.5 Å². The van der Waals surface area contributed by atoms with Gasteiger partial charge in [-0.05, 0) is 64.8 Å². The number of phenolic OH excluding ortho intramolecular Hbond substituents is 6. The lowest BCUT2D eigenvalue weighted by atomic mass is 9.97. The first-order valence-electron chi connectivity index (χ1n) is 18.6. The van der Waals surface area contributed by atoms with E-state index in [-0.39, 0.29) is 57.1 Å². The maximum atomic E-state index is 12.4. The van der Waals surface area contributed by atoms with Crippen molar-refractivity contribution in [3.63, 3.8) is 0 Å². The highest BCUT2D eigenvalue weighted by molar-refractivity contribution is 6.02. The van der Waals surface area contributed by atoms with E-state index in [1.54, 1.807) is 62.4 Å². The van der Waals surface area contributed by atoms with Gasteiger partial charge in [-0.3, -0.25) is 9.59 Å². The first-order chi connectivity index (χ1) is 26.0. The molecule has 0 aliphatic carbocycles. The molecule has 288 valence electrons. The van der Waals surface area contributed by atoms with Crippen molar-refractivity contribution in [2.45, 2.75) is 52.4 Å². The molecule has 1 fully saturated rings. The summed E-state index contributed by atoms with van der Waals surface area (Å²) in [6.07, 6.45) is 10.1. The topological polar surface area (TPSA) is 186 Å². The van der Waals surface area contributed by atoms with Crippen molar-refractivity contribution in [2.75, 3.05) is 52.4 Å². The van der Waals surface area contributed by atoms with Gasteiger partial charge in [0.2, 0.25) is 11.8 Å². The summed E-state index contributed by atoms with van der Waals surface area (Å²) in [5, 5.41) is 70.1. The Kier molecular flexibility index (Phi) is 13.6. The van der Waals surface area contributed by atoms with E-state index in [0.29, 0.717) is 71.8 Å². The van der Waals surface area contributed by atoms with E-state index in [1.165, 1.54) is 12.1 Å². The molecule has 12 nitrogen and oxygen atoms in total. The number of aromatic hydroxyl groups is 6. The Morgan fingerprint density at radius 2 is 1.00 bits per heavy atom. The fourth-order valence-electron chi connectivity index (χ4n) is 6.97. The summed E-state index contributed by atoms with van der Waals surface area (Å²) >= 11 is 0. The monoisotopic (exact) mass is 740 g/mol. The third-order valence-electron chi connectivity index (χ3n) is 10.2. The number of nitrogens with zero attached hydrogens (tertiary/aromatic N) is 2. The van der Waals surface area contributed by atoms with Gasteiger partial charge in [-0.25, -0.2) is 0 Å². The zero-order chi connectivity index (χ0) is 38.8. The minimum atomic E-state index is -0.113. The highest BCUT2D eigenvalue weighted by Crippen LogP contribution is 2.45. The number of hydrogen-bond donors (Lipinski definition) is 8. The number of phenols is 6. The van der Waals surface area contributed by atoms with Crippen molar-refractivity contribution in [2.24, 2.45) is 0 Å². The van der Waals surface area contributed by atoms with Gasteiger partial charge in [-0.15, -0.1) is 0 Å². The van der Waals surface area contributed by atoms with Crippen molar-refractivity contribution < 1.29 is 40.2 Å². The first-order valence-corrected chi connectivity index (χ1v) is 18.6. The summed E-state index contributed by atoms with van der Waals surface area (Å²) in [4.78, 5) is 29.6. The maximum Gasteiger partial charge on any atom is 0.220 e. The molecule has 0 spiro atoms. The Morgan fingerprint density at radius 1 is 0.611 bits per heavy atom. The molecule has 2 amide bonds. The van der Waals surface area contributed by atoms with Gasteiger partial charge >= 0.3 is 0 Å². The molecule has 0 saturated carbocycles. The number of hydrogen-bond acceptors (Lipinski definition) is 10. The minimum absolute atomic E-state index is 0.00126. The van der Waals surface area contributed by atoms with Gasteiger partial charge in [0.05, 0.1) is 10.8 Å². The average Bonchev–Trinajstić information content (AvgIpc) is 3.16. The lowest BCUT2D eigenvalue weighted by molar-refractivity contribution is -0.121. The molecule has 0 aromatic heterocycles. The van der Waals surface area contributed by atoms with Crippen LogP contribution in [0.5, 0.6) is 34.5 Å². The highest BCUT2D eigenvalue weighted by Gasteiger charge is 2.19. The van der Waals surface area contributed by atoms with Gasteiger partial charge < -0.3 is 51.1 Å². The van der Waals surface area contributed by atoms with Crippen molar-refractivity contribution in [3.8, 4) is 34.5 Å². The fourth-order valence-corrected chi connectivity index (χ4v) is 6.97. The smallest absolute Gasteiger partial charge is 0.220 e. The van der Waals surface area contributed by atoms with E-state index in [2.05, 4.69) is 20.4 Å². The normalized spacial score (nSPS) is 14.1. The Balaban J connectivity index is 0.908. The van der Waals surface area contributed by atoms with Crippen LogP contribution in [0, 0.1) is 13.8 Å². The van der Waals surface area contributed by atoms with Crippen molar-refractivity contribution in [3.05, 3.63) is 70.8 Å². The Hall–Kier alpha value is -5.46. The van der Waals surface area contributed by atoms with Gasteiger partial charge in [-0.1, -0.05) is 48.6 Å². The van der Waals surface area contributed by atoms with Gasteiger partial charge in [0.15, 0.2) is 0 Å². The molecular weight excluding hydrogens is 688 g/mol. The first kappa shape index (κ1) is 39.7. The van der Waals surface area contributed by atoms with Crippen LogP contribution in [0.25, 0.3) is 33.7 Å². The summed E-state index contributed by atoms with van der Waals surface area (Å²) in [6.45, 7) is 10.2. The standard InChI is InChI=1S/C42H52N4O8/c1-27-29(41(53)37-31(39(27)51)13-7-15-33(37)47)11-3-5-17-35(49)43-19-9-21-45-23-25-46(26-24-45)22-10-20-44-36(50)18-6-4-12-30-28(2)40(52)32-14-8-16-34(48)38(32)42(30)54/h3-4,7-8,11-16,47-48,51-54H,5-6,9-10,17-26H2,1-2H3,(H,43,49)(H,44,50)/b11-3+,12-4+. The Labute approximate surface area is 315 Å². The molecule has 1 heterocycles. The SMILES string of the molecule is Cc1c(/C=C/CCC(=O)NCCCN2CCN(CCCNC(=O)CC/C=C/c3c(C)c(O)c4cccc(O)c4c3O)CC2)c(O)c2c(O)cccc2c1O. The zero-order valence-electron chi connectivity index (χ0n) is 31.1. The molecule has 0 unspecified atom stereocenters. The lowest BCUT2D eigenvalue weighted by Crippen LogP contribution is -2.47. The summed E-state index contributed by atoms with van der Waals surface area (Å²) in [5.74, 6) is -0.533. The van der Waals surface area contributed by atoms with Gasteiger partial charge in [-0.2, -0.15) is 0 Å². The van der Waals surface area contributed by atoms with Crippen LogP contribution in [0.1, 0.15) is 60.8 Å².